The highest BCUT2D eigenvalue weighted by atomic mass is 32.1. The minimum absolute atomic E-state index is 0.0324. The summed E-state index contributed by atoms with van der Waals surface area (Å²) < 4.78 is 9.07. The lowest BCUT2D eigenvalue weighted by Crippen LogP contribution is -2.29. The van der Waals surface area contributed by atoms with Crippen molar-refractivity contribution in [3.8, 4) is 0 Å². The van der Waals surface area contributed by atoms with Gasteiger partial charge in [-0.05, 0) is 35.5 Å². The number of nitrogens with two attached hydrogens (primary N) is 1. The van der Waals surface area contributed by atoms with Gasteiger partial charge in [-0.15, -0.1) is 5.10 Å². The quantitative estimate of drug-likeness (QED) is 0.628. The molecule has 0 aliphatic carbocycles. The fourth-order valence-electron chi connectivity index (χ4n) is 1.72. The zero-order valence-electron chi connectivity index (χ0n) is 9.88. The van der Waals surface area contributed by atoms with Crippen molar-refractivity contribution in [2.75, 3.05) is 0 Å². The summed E-state index contributed by atoms with van der Waals surface area (Å²) in [7, 11) is 0. The first-order valence-corrected chi connectivity index (χ1v) is 6.29. The summed E-state index contributed by atoms with van der Waals surface area (Å²) in [4.78, 5) is 1.10. The molecule has 2 aromatic heterocycles. The molecule has 0 aliphatic rings. The lowest BCUT2D eigenvalue weighted by molar-refractivity contribution is 0.536. The Labute approximate surface area is 104 Å². The Morgan fingerprint density at radius 2 is 2.35 bits per heavy atom. The predicted molar refractivity (Wildman–Crippen MR) is 66.5 cm³/mol. The van der Waals surface area contributed by atoms with Crippen LogP contribution in [0, 0.1) is 0 Å². The molecular weight excluding hydrogens is 236 g/mol. The second kappa shape index (κ2) is 5.39. The Hall–Kier alpha value is -1.24. The first-order valence-electron chi connectivity index (χ1n) is 5.51. The molecule has 2 aromatic rings. The van der Waals surface area contributed by atoms with E-state index in [2.05, 4.69) is 28.9 Å². The molecule has 3 N–H and O–H groups in total. The van der Waals surface area contributed by atoms with Crippen LogP contribution < -0.4 is 11.3 Å². The average Bonchev–Trinajstić information content (AvgIpc) is 2.96. The Morgan fingerprint density at radius 3 is 2.94 bits per heavy atom. The zero-order valence-corrected chi connectivity index (χ0v) is 10.7. The van der Waals surface area contributed by atoms with Crippen molar-refractivity contribution in [3.05, 3.63) is 34.7 Å². The molecule has 1 atom stereocenters. The third-order valence-corrected chi connectivity index (χ3v) is 3.48. The summed E-state index contributed by atoms with van der Waals surface area (Å²) in [6.07, 6.45) is 4.17. The summed E-state index contributed by atoms with van der Waals surface area (Å²) in [6, 6.07) is 1.97. The van der Waals surface area contributed by atoms with Crippen LogP contribution in [0.1, 0.15) is 41.9 Å². The number of hydrogen-bond donors (Lipinski definition) is 2. The second-order valence-corrected chi connectivity index (χ2v) is 5.02. The van der Waals surface area contributed by atoms with E-state index in [4.69, 9.17) is 10.3 Å². The van der Waals surface area contributed by atoms with Gasteiger partial charge in [-0.1, -0.05) is 18.3 Å². The maximum Gasteiger partial charge on any atom is 0.0935 e. The highest BCUT2D eigenvalue weighted by Crippen LogP contribution is 2.28. The van der Waals surface area contributed by atoms with Gasteiger partial charge in [-0.3, -0.25) is 11.3 Å². The molecular formula is C11H16N4OS. The first-order chi connectivity index (χ1) is 8.22. The van der Waals surface area contributed by atoms with Gasteiger partial charge in [-0.2, -0.15) is 0 Å². The summed E-state index contributed by atoms with van der Waals surface area (Å²) in [5, 5.41) is 4.16. The summed E-state index contributed by atoms with van der Waals surface area (Å²) in [5.41, 5.74) is 4.95. The van der Waals surface area contributed by atoms with Crippen molar-refractivity contribution >= 4 is 11.5 Å². The third-order valence-electron chi connectivity index (χ3n) is 2.62. The number of nitrogens with zero attached hydrogens (tertiary/aromatic N) is 2. The van der Waals surface area contributed by atoms with E-state index in [0.29, 0.717) is 5.92 Å². The minimum Gasteiger partial charge on any atom is -0.472 e. The number of hydrogen-bond acceptors (Lipinski definition) is 6. The van der Waals surface area contributed by atoms with Crippen LogP contribution in [0.3, 0.4) is 0 Å². The monoisotopic (exact) mass is 252 g/mol. The van der Waals surface area contributed by atoms with E-state index in [-0.39, 0.29) is 6.04 Å². The van der Waals surface area contributed by atoms with Crippen molar-refractivity contribution in [1.82, 2.24) is 15.0 Å². The van der Waals surface area contributed by atoms with Crippen molar-refractivity contribution in [1.29, 1.82) is 0 Å². The molecule has 2 heterocycles. The molecule has 0 radical (unpaired) electrons. The Balaban J connectivity index is 2.20. The zero-order chi connectivity index (χ0) is 12.3. The molecule has 1 unspecified atom stereocenters. The van der Waals surface area contributed by atoms with E-state index in [1.54, 1.807) is 12.5 Å². The SMILES string of the molecule is CC(C)c1nnsc1C(Cc1ccoc1)NN. The molecule has 2 rings (SSSR count). The maximum absolute atomic E-state index is 5.62. The third kappa shape index (κ3) is 2.71. The molecule has 0 amide bonds. The van der Waals surface area contributed by atoms with Gasteiger partial charge >= 0.3 is 0 Å². The van der Waals surface area contributed by atoms with Crippen LogP contribution >= 0.6 is 11.5 Å². The van der Waals surface area contributed by atoms with Gasteiger partial charge in [-0.25, -0.2) is 0 Å². The molecule has 0 aliphatic heterocycles. The number of hydrazine groups is 1. The van der Waals surface area contributed by atoms with Gasteiger partial charge in [0.25, 0.3) is 0 Å². The van der Waals surface area contributed by atoms with E-state index >= 15 is 0 Å². The standard InChI is InChI=1S/C11H16N4OS/c1-7(2)10-11(17-15-14-10)9(13-12)5-8-3-4-16-6-8/h3-4,6-7,9,13H,5,12H2,1-2H3. The highest BCUT2D eigenvalue weighted by molar-refractivity contribution is 7.05. The average molecular weight is 252 g/mol. The number of aromatic nitrogens is 2. The van der Waals surface area contributed by atoms with Crippen LogP contribution in [0.15, 0.2) is 23.0 Å². The Morgan fingerprint density at radius 1 is 1.53 bits per heavy atom. The first kappa shape index (κ1) is 12.2. The van der Waals surface area contributed by atoms with Crippen molar-refractivity contribution in [3.63, 3.8) is 0 Å². The smallest absolute Gasteiger partial charge is 0.0935 e. The molecule has 0 fully saturated rings. The van der Waals surface area contributed by atoms with E-state index in [1.165, 1.54) is 11.5 Å². The largest absolute Gasteiger partial charge is 0.472 e. The summed E-state index contributed by atoms with van der Waals surface area (Å²) >= 11 is 1.40. The number of nitrogens with one attached hydrogen (secondary N) is 1. The lowest BCUT2D eigenvalue weighted by atomic mass is 10.0. The molecule has 0 spiro atoms. The van der Waals surface area contributed by atoms with Gasteiger partial charge in [0.1, 0.15) is 0 Å². The lowest BCUT2D eigenvalue weighted by Gasteiger charge is -2.15. The minimum atomic E-state index is 0.0324. The van der Waals surface area contributed by atoms with Crippen LogP contribution in [0.25, 0.3) is 0 Å². The second-order valence-electron chi connectivity index (χ2n) is 4.23. The van der Waals surface area contributed by atoms with Gasteiger partial charge in [0.15, 0.2) is 0 Å². The van der Waals surface area contributed by atoms with Crippen LogP contribution in [-0.4, -0.2) is 9.59 Å². The number of rotatable bonds is 5. The van der Waals surface area contributed by atoms with E-state index < -0.39 is 0 Å². The molecule has 0 aromatic carbocycles. The summed E-state index contributed by atoms with van der Waals surface area (Å²) in [5.74, 6) is 5.97. The Kier molecular flexibility index (Phi) is 3.88. The predicted octanol–water partition coefficient (Wildman–Crippen LogP) is 2.00. The molecule has 17 heavy (non-hydrogen) atoms. The van der Waals surface area contributed by atoms with Gasteiger partial charge in [0, 0.05) is 0 Å². The number of furan rings is 1. The molecule has 92 valence electrons. The van der Waals surface area contributed by atoms with E-state index in [0.717, 1.165) is 22.6 Å². The maximum atomic E-state index is 5.62. The fraction of sp³-hybridized carbons (Fsp3) is 0.455. The van der Waals surface area contributed by atoms with Crippen LogP contribution in [0.5, 0.6) is 0 Å². The molecule has 0 saturated heterocycles. The Bertz CT molecular complexity index is 452. The fourth-order valence-corrected chi connectivity index (χ4v) is 2.58. The van der Waals surface area contributed by atoms with Gasteiger partial charge in [0.05, 0.1) is 29.1 Å². The molecule has 5 nitrogen and oxygen atoms in total. The highest BCUT2D eigenvalue weighted by Gasteiger charge is 2.20. The topological polar surface area (TPSA) is 77.0 Å². The van der Waals surface area contributed by atoms with Gasteiger partial charge in [0.2, 0.25) is 0 Å². The van der Waals surface area contributed by atoms with Crippen LogP contribution in [0.4, 0.5) is 0 Å². The van der Waals surface area contributed by atoms with Crippen molar-refractivity contribution in [2.24, 2.45) is 5.84 Å². The van der Waals surface area contributed by atoms with Gasteiger partial charge < -0.3 is 4.42 Å². The molecule has 0 bridgehead atoms. The summed E-state index contributed by atoms with van der Waals surface area (Å²) in [6.45, 7) is 4.21. The van der Waals surface area contributed by atoms with Crippen molar-refractivity contribution < 1.29 is 4.42 Å². The van der Waals surface area contributed by atoms with Crippen LogP contribution in [0.2, 0.25) is 0 Å². The normalized spacial score (nSPS) is 13.2. The molecule has 0 saturated carbocycles. The van der Waals surface area contributed by atoms with E-state index in [1.807, 2.05) is 6.07 Å². The van der Waals surface area contributed by atoms with Crippen molar-refractivity contribution in [2.45, 2.75) is 32.2 Å². The molecule has 6 heteroatoms. The van der Waals surface area contributed by atoms with E-state index in [9.17, 15) is 0 Å². The van der Waals surface area contributed by atoms with Crippen LogP contribution in [-0.2, 0) is 6.42 Å².